The van der Waals surface area contributed by atoms with E-state index in [-0.39, 0.29) is 18.8 Å². The first-order chi connectivity index (χ1) is 11.0. The standard InChI is InChI=1S/C16H18N2O4S/c1-4-20-15(19)13-9(2)18(3)16(23)17-14(13)10-5-6-11-12(7-10)22-8-21-11/h5-7,14H,4,8H2,1-3H3,(H,17,23)/t14-/m1/s1. The highest BCUT2D eigenvalue weighted by Gasteiger charge is 2.34. The molecule has 0 aliphatic carbocycles. The van der Waals surface area contributed by atoms with Crippen molar-refractivity contribution in [1.29, 1.82) is 0 Å². The number of ether oxygens (including phenoxy) is 3. The summed E-state index contributed by atoms with van der Waals surface area (Å²) in [5, 5.41) is 3.75. The number of carbonyl (C=O) groups excluding carboxylic acids is 1. The normalized spacial score (nSPS) is 19.7. The molecule has 0 amide bonds. The molecular formula is C16H18N2O4S. The molecule has 0 bridgehead atoms. The van der Waals surface area contributed by atoms with Gasteiger partial charge in [0, 0.05) is 12.7 Å². The number of nitrogens with one attached hydrogen (secondary N) is 1. The van der Waals surface area contributed by atoms with E-state index in [2.05, 4.69) is 5.32 Å². The largest absolute Gasteiger partial charge is 0.463 e. The van der Waals surface area contributed by atoms with Crippen molar-refractivity contribution in [3.63, 3.8) is 0 Å². The smallest absolute Gasteiger partial charge is 0.338 e. The molecule has 0 fully saturated rings. The molecule has 0 radical (unpaired) electrons. The van der Waals surface area contributed by atoms with Gasteiger partial charge >= 0.3 is 5.97 Å². The number of carbonyl (C=O) groups is 1. The molecule has 1 N–H and O–H groups in total. The zero-order chi connectivity index (χ0) is 16.6. The summed E-state index contributed by atoms with van der Waals surface area (Å²) in [7, 11) is 1.82. The Morgan fingerprint density at radius 1 is 1.43 bits per heavy atom. The lowest BCUT2D eigenvalue weighted by Crippen LogP contribution is -2.46. The summed E-state index contributed by atoms with van der Waals surface area (Å²) in [6, 6.07) is 5.21. The van der Waals surface area contributed by atoms with E-state index in [0.29, 0.717) is 28.8 Å². The van der Waals surface area contributed by atoms with Crippen LogP contribution in [-0.2, 0) is 9.53 Å². The van der Waals surface area contributed by atoms with Gasteiger partial charge in [-0.3, -0.25) is 0 Å². The molecule has 2 aliphatic rings. The summed E-state index contributed by atoms with van der Waals surface area (Å²) in [5.41, 5.74) is 2.18. The highest BCUT2D eigenvalue weighted by atomic mass is 32.1. The second-order valence-corrected chi connectivity index (χ2v) is 5.66. The summed E-state index contributed by atoms with van der Waals surface area (Å²) in [5.74, 6) is 1.01. The van der Waals surface area contributed by atoms with Gasteiger partial charge in [0.05, 0.1) is 18.2 Å². The minimum Gasteiger partial charge on any atom is -0.463 e. The number of rotatable bonds is 3. The molecule has 3 rings (SSSR count). The fourth-order valence-electron chi connectivity index (χ4n) is 2.65. The summed E-state index contributed by atoms with van der Waals surface area (Å²) >= 11 is 5.36. The Labute approximate surface area is 140 Å². The van der Waals surface area contributed by atoms with Crippen molar-refractivity contribution in [2.75, 3.05) is 20.4 Å². The molecule has 0 aromatic heterocycles. The summed E-state index contributed by atoms with van der Waals surface area (Å²) in [6.07, 6.45) is 0. The van der Waals surface area contributed by atoms with Crippen LogP contribution >= 0.6 is 12.2 Å². The fourth-order valence-corrected chi connectivity index (χ4v) is 2.91. The molecule has 1 aromatic rings. The van der Waals surface area contributed by atoms with Crippen molar-refractivity contribution in [1.82, 2.24) is 10.2 Å². The predicted octanol–water partition coefficient (Wildman–Crippen LogP) is 2.11. The SMILES string of the molecule is CCOC(=O)C1=C(C)N(C)C(=S)N[C@@H]1c1ccc2c(c1)OCO2. The van der Waals surface area contributed by atoms with Crippen LogP contribution in [0.4, 0.5) is 0 Å². The first-order valence-corrected chi connectivity index (χ1v) is 7.75. The second kappa shape index (κ2) is 6.08. The highest BCUT2D eigenvalue weighted by molar-refractivity contribution is 7.80. The van der Waals surface area contributed by atoms with E-state index in [1.165, 1.54) is 0 Å². The van der Waals surface area contributed by atoms with Crippen molar-refractivity contribution < 1.29 is 19.0 Å². The number of esters is 1. The van der Waals surface area contributed by atoms with E-state index in [1.54, 1.807) is 11.8 Å². The van der Waals surface area contributed by atoms with Gasteiger partial charge in [-0.25, -0.2) is 4.79 Å². The molecule has 7 heteroatoms. The summed E-state index contributed by atoms with van der Waals surface area (Å²) < 4.78 is 16.0. The van der Waals surface area contributed by atoms with Crippen LogP contribution in [0, 0.1) is 0 Å². The van der Waals surface area contributed by atoms with E-state index < -0.39 is 0 Å². The van der Waals surface area contributed by atoms with Gasteiger partial charge in [0.25, 0.3) is 0 Å². The molecule has 6 nitrogen and oxygen atoms in total. The van der Waals surface area contributed by atoms with Gasteiger partial charge < -0.3 is 24.4 Å². The molecule has 0 unspecified atom stereocenters. The van der Waals surface area contributed by atoms with Crippen molar-refractivity contribution in [2.24, 2.45) is 0 Å². The van der Waals surface area contributed by atoms with E-state index in [1.807, 2.05) is 32.2 Å². The van der Waals surface area contributed by atoms with Crippen LogP contribution in [-0.4, -0.2) is 36.4 Å². The van der Waals surface area contributed by atoms with Gasteiger partial charge in [-0.15, -0.1) is 0 Å². The van der Waals surface area contributed by atoms with Crippen LogP contribution in [0.2, 0.25) is 0 Å². The number of benzene rings is 1. The van der Waals surface area contributed by atoms with Crippen molar-refractivity contribution >= 4 is 23.3 Å². The van der Waals surface area contributed by atoms with E-state index in [9.17, 15) is 4.79 Å². The van der Waals surface area contributed by atoms with E-state index >= 15 is 0 Å². The maximum absolute atomic E-state index is 12.4. The molecule has 0 saturated carbocycles. The quantitative estimate of drug-likeness (QED) is 0.671. The maximum atomic E-state index is 12.4. The number of fused-ring (bicyclic) bond motifs is 1. The van der Waals surface area contributed by atoms with Crippen LogP contribution in [0.3, 0.4) is 0 Å². The lowest BCUT2D eigenvalue weighted by molar-refractivity contribution is -0.139. The van der Waals surface area contributed by atoms with Crippen LogP contribution in [0.25, 0.3) is 0 Å². The molecule has 1 atom stereocenters. The number of allylic oxidation sites excluding steroid dienone is 1. The zero-order valence-corrected chi connectivity index (χ0v) is 14.0. The Morgan fingerprint density at radius 2 is 2.17 bits per heavy atom. The molecule has 122 valence electrons. The van der Waals surface area contributed by atoms with Crippen molar-refractivity contribution in [3.8, 4) is 11.5 Å². The Kier molecular flexibility index (Phi) is 4.12. The number of thiocarbonyl (C=S) groups is 1. The Balaban J connectivity index is 2.04. The molecule has 1 aromatic carbocycles. The third kappa shape index (κ3) is 2.72. The highest BCUT2D eigenvalue weighted by Crippen LogP contribution is 2.37. The number of nitrogens with zero attached hydrogens (tertiary/aromatic N) is 1. The molecule has 0 spiro atoms. The minimum absolute atomic E-state index is 0.206. The average Bonchev–Trinajstić information content (AvgIpc) is 2.99. The van der Waals surface area contributed by atoms with Crippen LogP contribution in [0.5, 0.6) is 11.5 Å². The van der Waals surface area contributed by atoms with Gasteiger partial charge in [-0.1, -0.05) is 6.07 Å². The predicted molar refractivity (Wildman–Crippen MR) is 88.1 cm³/mol. The van der Waals surface area contributed by atoms with Crippen LogP contribution in [0.15, 0.2) is 29.5 Å². The monoisotopic (exact) mass is 334 g/mol. The first kappa shape index (κ1) is 15.6. The Hall–Kier alpha value is -2.28. The molecule has 0 saturated heterocycles. The molecule has 23 heavy (non-hydrogen) atoms. The van der Waals surface area contributed by atoms with Gasteiger partial charge in [-0.2, -0.15) is 0 Å². The molecular weight excluding hydrogens is 316 g/mol. The van der Waals surface area contributed by atoms with Crippen molar-refractivity contribution in [2.45, 2.75) is 19.9 Å². The third-order valence-corrected chi connectivity index (χ3v) is 4.37. The molecule has 2 heterocycles. The van der Waals surface area contributed by atoms with Crippen LogP contribution < -0.4 is 14.8 Å². The lowest BCUT2D eigenvalue weighted by atomic mass is 9.95. The second-order valence-electron chi connectivity index (χ2n) is 5.27. The van der Waals surface area contributed by atoms with E-state index in [0.717, 1.165) is 11.3 Å². The maximum Gasteiger partial charge on any atom is 0.338 e. The first-order valence-electron chi connectivity index (χ1n) is 7.34. The Morgan fingerprint density at radius 3 is 2.91 bits per heavy atom. The summed E-state index contributed by atoms with van der Waals surface area (Å²) in [4.78, 5) is 14.2. The minimum atomic E-state index is -0.382. The Bertz CT molecular complexity index is 701. The van der Waals surface area contributed by atoms with Gasteiger partial charge in [0.2, 0.25) is 6.79 Å². The number of hydrogen-bond donors (Lipinski definition) is 1. The van der Waals surface area contributed by atoms with Gasteiger partial charge in [-0.05, 0) is 43.8 Å². The zero-order valence-electron chi connectivity index (χ0n) is 13.2. The van der Waals surface area contributed by atoms with Crippen molar-refractivity contribution in [3.05, 3.63) is 35.0 Å². The topological polar surface area (TPSA) is 60.0 Å². The summed E-state index contributed by atoms with van der Waals surface area (Å²) in [6.45, 7) is 4.17. The van der Waals surface area contributed by atoms with Crippen LogP contribution in [0.1, 0.15) is 25.5 Å². The van der Waals surface area contributed by atoms with Gasteiger partial charge in [0.15, 0.2) is 16.6 Å². The molecule has 2 aliphatic heterocycles. The van der Waals surface area contributed by atoms with E-state index in [4.69, 9.17) is 26.4 Å². The fraction of sp³-hybridized carbons (Fsp3) is 0.375. The number of hydrogen-bond acceptors (Lipinski definition) is 5. The third-order valence-electron chi connectivity index (χ3n) is 3.98. The average molecular weight is 334 g/mol. The lowest BCUT2D eigenvalue weighted by Gasteiger charge is -2.35. The van der Waals surface area contributed by atoms with Gasteiger partial charge in [0.1, 0.15) is 0 Å².